The summed E-state index contributed by atoms with van der Waals surface area (Å²) in [5.41, 5.74) is -0.704. The van der Waals surface area contributed by atoms with E-state index in [4.69, 9.17) is 0 Å². The summed E-state index contributed by atoms with van der Waals surface area (Å²) in [5.74, 6) is 2.14. The Labute approximate surface area is 104 Å². The van der Waals surface area contributed by atoms with E-state index < -0.39 is 5.60 Å². The van der Waals surface area contributed by atoms with Crippen LogP contribution in [0.5, 0.6) is 0 Å². The maximum Gasteiger partial charge on any atom is 0.0728 e. The molecular formula is C15H26O2. The van der Waals surface area contributed by atoms with Gasteiger partial charge >= 0.3 is 0 Å². The standard InChI is InChI=1S/C15H26O2/c1-11-4-6-15(17,7-5-11)14(10-16)9-12-2-3-13(14)8-12/h11-13,16-17H,2-10H2,1H3. The Morgan fingerprint density at radius 1 is 1.12 bits per heavy atom. The number of fused-ring (bicyclic) bond motifs is 2. The zero-order valence-electron chi connectivity index (χ0n) is 11.0. The third-order valence-electron chi connectivity index (χ3n) is 6.29. The van der Waals surface area contributed by atoms with Gasteiger partial charge in [-0.05, 0) is 62.7 Å². The molecule has 0 amide bonds. The van der Waals surface area contributed by atoms with Crippen molar-refractivity contribution in [3.63, 3.8) is 0 Å². The molecule has 0 saturated heterocycles. The summed E-state index contributed by atoms with van der Waals surface area (Å²) in [5, 5.41) is 21.1. The molecule has 0 radical (unpaired) electrons. The van der Waals surface area contributed by atoms with E-state index in [2.05, 4.69) is 6.92 Å². The summed E-state index contributed by atoms with van der Waals surface area (Å²) >= 11 is 0. The summed E-state index contributed by atoms with van der Waals surface area (Å²) < 4.78 is 0. The van der Waals surface area contributed by atoms with Crippen molar-refractivity contribution in [2.75, 3.05) is 6.61 Å². The van der Waals surface area contributed by atoms with Crippen LogP contribution in [0.15, 0.2) is 0 Å². The van der Waals surface area contributed by atoms with Gasteiger partial charge in [-0.15, -0.1) is 0 Å². The molecule has 0 aromatic heterocycles. The van der Waals surface area contributed by atoms with E-state index in [9.17, 15) is 10.2 Å². The van der Waals surface area contributed by atoms with Gasteiger partial charge in [0.1, 0.15) is 0 Å². The van der Waals surface area contributed by atoms with Crippen LogP contribution in [-0.2, 0) is 0 Å². The van der Waals surface area contributed by atoms with Crippen LogP contribution in [0.25, 0.3) is 0 Å². The highest BCUT2D eigenvalue weighted by Crippen LogP contribution is 2.63. The normalized spacial score (nSPS) is 54.2. The van der Waals surface area contributed by atoms with Crippen molar-refractivity contribution < 1.29 is 10.2 Å². The Balaban J connectivity index is 1.85. The van der Waals surface area contributed by atoms with Gasteiger partial charge in [0.2, 0.25) is 0 Å². The quantitative estimate of drug-likeness (QED) is 0.776. The predicted molar refractivity (Wildman–Crippen MR) is 67.5 cm³/mol. The molecule has 0 aromatic rings. The molecule has 2 nitrogen and oxygen atoms in total. The van der Waals surface area contributed by atoms with Gasteiger partial charge in [-0.1, -0.05) is 13.3 Å². The van der Waals surface area contributed by atoms with Gasteiger partial charge in [0.05, 0.1) is 12.2 Å². The molecule has 3 atom stereocenters. The zero-order valence-corrected chi connectivity index (χ0v) is 11.0. The molecule has 3 unspecified atom stereocenters. The molecular weight excluding hydrogens is 212 g/mol. The highest BCUT2D eigenvalue weighted by atomic mass is 16.3. The molecule has 0 aromatic carbocycles. The third kappa shape index (κ3) is 1.60. The van der Waals surface area contributed by atoms with Gasteiger partial charge in [-0.2, -0.15) is 0 Å². The smallest absolute Gasteiger partial charge is 0.0728 e. The minimum Gasteiger partial charge on any atom is -0.396 e. The van der Waals surface area contributed by atoms with E-state index in [-0.39, 0.29) is 12.0 Å². The average molecular weight is 238 g/mol. The first-order chi connectivity index (χ1) is 8.10. The van der Waals surface area contributed by atoms with E-state index >= 15 is 0 Å². The van der Waals surface area contributed by atoms with Crippen LogP contribution in [0.1, 0.15) is 58.3 Å². The van der Waals surface area contributed by atoms with Crippen LogP contribution in [0.3, 0.4) is 0 Å². The summed E-state index contributed by atoms with van der Waals surface area (Å²) in [6, 6.07) is 0. The number of rotatable bonds is 2. The van der Waals surface area contributed by atoms with Crippen molar-refractivity contribution >= 4 is 0 Å². The lowest BCUT2D eigenvalue weighted by atomic mass is 9.57. The Morgan fingerprint density at radius 3 is 2.29 bits per heavy atom. The molecule has 2 N–H and O–H groups in total. The fraction of sp³-hybridized carbons (Fsp3) is 1.00. The summed E-state index contributed by atoms with van der Waals surface area (Å²) in [7, 11) is 0. The Bertz CT molecular complexity index is 293. The second kappa shape index (κ2) is 3.96. The summed E-state index contributed by atoms with van der Waals surface area (Å²) in [4.78, 5) is 0. The van der Waals surface area contributed by atoms with Gasteiger partial charge < -0.3 is 10.2 Å². The molecule has 2 heteroatoms. The Hall–Kier alpha value is -0.0800. The third-order valence-corrected chi connectivity index (χ3v) is 6.29. The monoisotopic (exact) mass is 238 g/mol. The molecule has 3 aliphatic carbocycles. The first-order valence-corrected chi connectivity index (χ1v) is 7.43. The predicted octanol–water partition coefficient (Wildman–Crippen LogP) is 2.73. The second-order valence-electron chi connectivity index (χ2n) is 7.11. The first-order valence-electron chi connectivity index (χ1n) is 7.43. The lowest BCUT2D eigenvalue weighted by molar-refractivity contribution is -0.160. The van der Waals surface area contributed by atoms with Crippen LogP contribution >= 0.6 is 0 Å². The van der Waals surface area contributed by atoms with Crippen LogP contribution < -0.4 is 0 Å². The molecule has 2 bridgehead atoms. The Kier molecular flexibility index (Phi) is 2.79. The molecule has 3 rings (SSSR count). The van der Waals surface area contributed by atoms with Gasteiger partial charge in [0.15, 0.2) is 0 Å². The number of hydrogen-bond donors (Lipinski definition) is 2. The van der Waals surface area contributed by atoms with Gasteiger partial charge in [-0.3, -0.25) is 0 Å². The molecule has 3 saturated carbocycles. The summed E-state index contributed by atoms with van der Waals surface area (Å²) in [6.45, 7) is 2.49. The van der Waals surface area contributed by atoms with Crippen molar-refractivity contribution in [2.45, 2.75) is 63.9 Å². The molecule has 0 spiro atoms. The first kappa shape index (κ1) is 12.0. The van der Waals surface area contributed by atoms with E-state index in [1.807, 2.05) is 0 Å². The molecule has 3 aliphatic rings. The second-order valence-corrected chi connectivity index (χ2v) is 7.11. The minimum absolute atomic E-state index is 0.143. The van der Waals surface area contributed by atoms with Crippen LogP contribution in [0.2, 0.25) is 0 Å². The zero-order chi connectivity index (χ0) is 12.1. The molecule has 17 heavy (non-hydrogen) atoms. The maximum atomic E-state index is 11.1. The van der Waals surface area contributed by atoms with E-state index in [1.165, 1.54) is 19.3 Å². The number of aliphatic hydroxyl groups excluding tert-OH is 1. The van der Waals surface area contributed by atoms with Crippen LogP contribution in [0.4, 0.5) is 0 Å². The number of hydrogen-bond acceptors (Lipinski definition) is 2. The number of aliphatic hydroxyl groups is 2. The molecule has 98 valence electrons. The lowest BCUT2D eigenvalue weighted by Crippen LogP contribution is -2.55. The molecule has 3 fully saturated rings. The maximum absolute atomic E-state index is 11.1. The topological polar surface area (TPSA) is 40.5 Å². The van der Waals surface area contributed by atoms with Crippen molar-refractivity contribution in [3.05, 3.63) is 0 Å². The van der Waals surface area contributed by atoms with Crippen molar-refractivity contribution in [1.82, 2.24) is 0 Å². The Morgan fingerprint density at radius 2 is 1.82 bits per heavy atom. The van der Waals surface area contributed by atoms with Crippen LogP contribution in [0, 0.1) is 23.2 Å². The van der Waals surface area contributed by atoms with Crippen LogP contribution in [-0.4, -0.2) is 22.4 Å². The largest absolute Gasteiger partial charge is 0.396 e. The molecule has 0 aliphatic heterocycles. The fourth-order valence-corrected chi connectivity index (χ4v) is 5.09. The highest BCUT2D eigenvalue weighted by Gasteiger charge is 2.61. The van der Waals surface area contributed by atoms with E-state index in [0.717, 1.165) is 43.9 Å². The highest BCUT2D eigenvalue weighted by molar-refractivity contribution is 5.11. The summed E-state index contributed by atoms with van der Waals surface area (Å²) in [6.07, 6.45) is 9.01. The lowest BCUT2D eigenvalue weighted by Gasteiger charge is -2.52. The minimum atomic E-state index is -0.561. The van der Waals surface area contributed by atoms with E-state index in [1.54, 1.807) is 0 Å². The van der Waals surface area contributed by atoms with Crippen molar-refractivity contribution in [2.24, 2.45) is 23.2 Å². The van der Waals surface area contributed by atoms with Gasteiger partial charge in [0.25, 0.3) is 0 Å². The van der Waals surface area contributed by atoms with Crippen molar-refractivity contribution in [3.8, 4) is 0 Å². The fourth-order valence-electron chi connectivity index (χ4n) is 5.09. The van der Waals surface area contributed by atoms with Gasteiger partial charge in [-0.25, -0.2) is 0 Å². The molecule has 0 heterocycles. The van der Waals surface area contributed by atoms with Crippen molar-refractivity contribution in [1.29, 1.82) is 0 Å². The average Bonchev–Trinajstić information content (AvgIpc) is 2.93. The SMILES string of the molecule is CC1CCC(O)(C2(CO)CC3CCC2C3)CC1. The van der Waals surface area contributed by atoms with Gasteiger partial charge in [0, 0.05) is 5.41 Å². The van der Waals surface area contributed by atoms with E-state index in [0.29, 0.717) is 5.92 Å².